The van der Waals surface area contributed by atoms with Crippen LogP contribution in [0.4, 0.5) is 5.69 Å². The lowest BCUT2D eigenvalue weighted by atomic mass is 9.55. The van der Waals surface area contributed by atoms with Crippen LogP contribution in [0.3, 0.4) is 0 Å². The van der Waals surface area contributed by atoms with Gasteiger partial charge in [0.1, 0.15) is 18.5 Å². The fraction of sp³-hybridized carbons (Fsp3) is 0.714. The number of benzene rings is 1. The summed E-state index contributed by atoms with van der Waals surface area (Å²) in [6, 6.07) is 9.18. The molecule has 7 heteroatoms. The first kappa shape index (κ1) is 23.2. The standard InChI is InChI=1S/C28H39BNO4P/c1-30(2)19-6-4-18(5-7-19)21-16-27-22(10-13-28(27,34-27)35(3)29)20-8-11-25(31)17-26(32-14-15-33-26)12-9-23(25)24(20)21/h4-7,20-22,31H,8-17,29H2,1-3H3/t20-,21+,22-,25+,27+,28+,35?/m0/s1. The summed E-state index contributed by atoms with van der Waals surface area (Å²) < 4.78 is 19.1. The normalized spacial score (nSPS) is 43.8. The minimum atomic E-state index is -0.803. The van der Waals surface area contributed by atoms with Crippen LogP contribution in [0.15, 0.2) is 35.4 Å². The Bertz CT molecular complexity index is 1070. The highest BCUT2D eigenvalue weighted by Crippen LogP contribution is 2.80. The zero-order valence-electron chi connectivity index (χ0n) is 21.7. The number of allylic oxidation sites excluding steroid dienone is 1. The van der Waals surface area contributed by atoms with Gasteiger partial charge in [-0.15, -0.1) is 7.80 Å². The van der Waals surface area contributed by atoms with Crippen molar-refractivity contribution in [3.05, 3.63) is 41.0 Å². The van der Waals surface area contributed by atoms with Gasteiger partial charge in [-0.3, -0.25) is 0 Å². The van der Waals surface area contributed by atoms with Crippen molar-refractivity contribution in [3.63, 3.8) is 0 Å². The van der Waals surface area contributed by atoms with E-state index in [9.17, 15) is 5.11 Å². The summed E-state index contributed by atoms with van der Waals surface area (Å²) in [6.07, 6.45) is 7.78. The topological polar surface area (TPSA) is 54.5 Å². The Morgan fingerprint density at radius 3 is 2.46 bits per heavy atom. The molecule has 2 spiro atoms. The van der Waals surface area contributed by atoms with Gasteiger partial charge in [-0.25, -0.2) is 0 Å². The van der Waals surface area contributed by atoms with Gasteiger partial charge in [-0.2, -0.15) is 0 Å². The summed E-state index contributed by atoms with van der Waals surface area (Å²) in [5.74, 6) is 0.874. The molecule has 0 bridgehead atoms. The Morgan fingerprint density at radius 1 is 1.06 bits per heavy atom. The first-order valence-corrected chi connectivity index (χ1v) is 15.8. The van der Waals surface area contributed by atoms with Crippen molar-refractivity contribution in [2.75, 3.05) is 38.9 Å². The van der Waals surface area contributed by atoms with Gasteiger partial charge < -0.3 is 24.2 Å². The highest BCUT2D eigenvalue weighted by atomic mass is 31.1. The Labute approximate surface area is 211 Å². The molecule has 0 amide bonds. The van der Waals surface area contributed by atoms with Crippen molar-refractivity contribution in [2.45, 2.75) is 79.6 Å². The van der Waals surface area contributed by atoms with Gasteiger partial charge in [0.25, 0.3) is 0 Å². The summed E-state index contributed by atoms with van der Waals surface area (Å²) in [4.78, 5) is 2.17. The number of hydrogen-bond donors (Lipinski definition) is 1. The molecule has 2 saturated heterocycles. The minimum absolute atomic E-state index is 0.0465. The minimum Gasteiger partial charge on any atom is -0.385 e. The van der Waals surface area contributed by atoms with E-state index in [-0.39, 0.29) is 18.7 Å². The van der Waals surface area contributed by atoms with Crippen molar-refractivity contribution in [1.82, 2.24) is 0 Å². The Morgan fingerprint density at radius 2 is 1.80 bits per heavy atom. The van der Waals surface area contributed by atoms with Crippen LogP contribution in [0.1, 0.15) is 62.8 Å². The molecule has 3 saturated carbocycles. The van der Waals surface area contributed by atoms with Crippen LogP contribution in [0.5, 0.6) is 0 Å². The van der Waals surface area contributed by atoms with E-state index >= 15 is 0 Å². The van der Waals surface area contributed by atoms with E-state index in [0.29, 0.717) is 37.4 Å². The molecule has 1 unspecified atom stereocenters. The summed E-state index contributed by atoms with van der Waals surface area (Å²) >= 11 is 0. The van der Waals surface area contributed by atoms with Gasteiger partial charge >= 0.3 is 0 Å². The van der Waals surface area contributed by atoms with Gasteiger partial charge in [-0.05, 0) is 80.3 Å². The number of nitrogens with zero attached hydrogens (tertiary/aromatic N) is 1. The van der Waals surface area contributed by atoms with Crippen LogP contribution in [-0.4, -0.2) is 69.0 Å². The van der Waals surface area contributed by atoms with E-state index in [2.05, 4.69) is 57.5 Å². The van der Waals surface area contributed by atoms with E-state index in [4.69, 9.17) is 14.2 Å². The predicted octanol–water partition coefficient (Wildman–Crippen LogP) is 4.14. The van der Waals surface area contributed by atoms with E-state index in [1.807, 2.05) is 0 Å². The average molecular weight is 495 g/mol. The molecule has 35 heavy (non-hydrogen) atoms. The van der Waals surface area contributed by atoms with Crippen molar-refractivity contribution in [2.24, 2.45) is 11.8 Å². The number of fused-ring (bicyclic) bond motifs is 3. The molecule has 1 aromatic carbocycles. The highest BCUT2D eigenvalue weighted by Gasteiger charge is 2.80. The van der Waals surface area contributed by atoms with Crippen LogP contribution < -0.4 is 4.90 Å². The van der Waals surface area contributed by atoms with Crippen molar-refractivity contribution < 1.29 is 19.3 Å². The maximum Gasteiger partial charge on any atom is 0.171 e. The van der Waals surface area contributed by atoms with E-state index in [0.717, 1.165) is 32.1 Å². The summed E-state index contributed by atoms with van der Waals surface area (Å²) in [5, 5.41) is 12.3. The van der Waals surface area contributed by atoms with Crippen molar-refractivity contribution in [1.29, 1.82) is 0 Å². The van der Waals surface area contributed by atoms with Crippen LogP contribution in [0, 0.1) is 11.8 Å². The molecule has 0 aromatic heterocycles. The van der Waals surface area contributed by atoms with Gasteiger partial charge in [0.05, 0.1) is 18.8 Å². The Kier molecular flexibility index (Phi) is 5.03. The second-order valence-corrected chi connectivity index (χ2v) is 15.0. The molecule has 2 heterocycles. The SMILES string of the molecule is BP(C)[C@]12CC[C@H]3[C@@H]4CC[C@@]5(O)CC6(CCC5=C4[C@@H](c4ccc(N(C)C)cc4)C[C@@]31O2)OCCO6. The van der Waals surface area contributed by atoms with Gasteiger partial charge in [0.15, 0.2) is 5.79 Å². The molecular weight excluding hydrogens is 456 g/mol. The molecule has 6 aliphatic rings. The summed E-state index contributed by atoms with van der Waals surface area (Å²) in [5.41, 5.74) is 4.75. The predicted molar refractivity (Wildman–Crippen MR) is 142 cm³/mol. The molecule has 1 aromatic rings. The fourth-order valence-electron chi connectivity index (χ4n) is 9.02. The molecule has 1 N–H and O–H groups in total. The van der Waals surface area contributed by atoms with Crippen LogP contribution in [0.2, 0.25) is 0 Å². The fourth-order valence-corrected chi connectivity index (χ4v) is 11.0. The average Bonchev–Trinajstić information content (AvgIpc) is 3.10. The number of ether oxygens (including phenoxy) is 3. The molecule has 188 valence electrons. The lowest BCUT2D eigenvalue weighted by Crippen LogP contribution is -2.53. The summed E-state index contributed by atoms with van der Waals surface area (Å²) in [7, 11) is 6.47. The zero-order chi connectivity index (χ0) is 24.2. The van der Waals surface area contributed by atoms with Gasteiger partial charge in [0, 0.05) is 38.5 Å². The van der Waals surface area contributed by atoms with E-state index < -0.39 is 11.4 Å². The largest absolute Gasteiger partial charge is 0.385 e. The number of aliphatic hydroxyl groups is 1. The monoisotopic (exact) mass is 495 g/mol. The third kappa shape index (κ3) is 3.07. The quantitative estimate of drug-likeness (QED) is 0.296. The molecule has 0 radical (unpaired) electrons. The molecule has 5 fully saturated rings. The van der Waals surface area contributed by atoms with Crippen LogP contribution in [0.25, 0.3) is 0 Å². The second kappa shape index (κ2) is 7.57. The maximum absolute atomic E-state index is 12.1. The first-order valence-electron chi connectivity index (χ1n) is 13.6. The number of anilines is 1. The summed E-state index contributed by atoms with van der Waals surface area (Å²) in [6.45, 7) is 3.71. The first-order chi connectivity index (χ1) is 16.7. The molecular formula is C28H39BNO4P. The molecule has 4 aliphatic carbocycles. The van der Waals surface area contributed by atoms with Gasteiger partial charge in [-0.1, -0.05) is 17.7 Å². The highest BCUT2D eigenvalue weighted by molar-refractivity contribution is 7.83. The number of hydrogen-bond acceptors (Lipinski definition) is 5. The smallest absolute Gasteiger partial charge is 0.171 e. The molecule has 5 nitrogen and oxygen atoms in total. The second-order valence-electron chi connectivity index (χ2n) is 12.5. The van der Waals surface area contributed by atoms with Gasteiger partial charge in [0.2, 0.25) is 0 Å². The van der Waals surface area contributed by atoms with Crippen LogP contribution in [-0.2, 0) is 14.2 Å². The van der Waals surface area contributed by atoms with Crippen molar-refractivity contribution >= 4 is 21.1 Å². The third-order valence-electron chi connectivity index (χ3n) is 10.6. The van der Waals surface area contributed by atoms with Crippen molar-refractivity contribution in [3.8, 4) is 0 Å². The molecule has 2 aliphatic heterocycles. The number of rotatable bonds is 3. The Hall–Kier alpha value is -0.905. The Balaban J connectivity index is 1.34. The third-order valence-corrected chi connectivity index (χ3v) is 12.7. The maximum atomic E-state index is 12.1. The zero-order valence-corrected chi connectivity index (χ0v) is 22.6. The molecule has 7 rings (SSSR count). The van der Waals surface area contributed by atoms with E-state index in [1.54, 1.807) is 5.57 Å². The lowest BCUT2D eigenvalue weighted by molar-refractivity contribution is -0.208. The van der Waals surface area contributed by atoms with E-state index in [1.165, 1.54) is 29.7 Å². The van der Waals surface area contributed by atoms with Crippen LogP contribution >= 0.6 is 7.80 Å². The molecule has 7 atom stereocenters. The number of epoxide rings is 1. The lowest BCUT2D eigenvalue weighted by Gasteiger charge is -2.53.